The number of aromatic nitrogens is 1. The van der Waals surface area contributed by atoms with Crippen molar-refractivity contribution < 1.29 is 9.59 Å². The minimum absolute atomic E-state index is 0.0172. The van der Waals surface area contributed by atoms with Gasteiger partial charge in [0.05, 0.1) is 6.54 Å². The Balaban J connectivity index is 1.75. The van der Waals surface area contributed by atoms with Crippen LogP contribution in [0.1, 0.15) is 25.3 Å². The van der Waals surface area contributed by atoms with E-state index in [2.05, 4.69) is 10.3 Å². The number of likely N-dealkylation sites (N-methyl/N-ethyl adjacent to an activating group) is 1. The fraction of sp³-hybridized carbons (Fsp3) is 0.533. The van der Waals surface area contributed by atoms with Gasteiger partial charge in [-0.1, -0.05) is 0 Å². The average molecular weight is 275 g/mol. The molecule has 1 heterocycles. The molecule has 0 bridgehead atoms. The predicted octanol–water partition coefficient (Wildman–Crippen LogP) is 0.999. The van der Waals surface area contributed by atoms with Crippen LogP contribution >= 0.6 is 0 Å². The number of pyridine rings is 1. The SMILES string of the molecule is CCN(CCc1ccncc1)C(=O)CNC(=O)C1CC1. The summed E-state index contributed by atoms with van der Waals surface area (Å²) in [6.45, 7) is 3.38. The molecular formula is C15H21N3O2. The maximum atomic E-state index is 12.0. The predicted molar refractivity (Wildman–Crippen MR) is 75.9 cm³/mol. The zero-order valence-electron chi connectivity index (χ0n) is 11.8. The molecule has 1 aromatic heterocycles. The number of nitrogens with one attached hydrogen (secondary N) is 1. The Kier molecular flexibility index (Phi) is 5.09. The smallest absolute Gasteiger partial charge is 0.241 e. The Morgan fingerprint density at radius 2 is 2.05 bits per heavy atom. The average Bonchev–Trinajstić information content (AvgIpc) is 3.31. The summed E-state index contributed by atoms with van der Waals surface area (Å²) < 4.78 is 0. The van der Waals surface area contributed by atoms with Crippen LogP contribution in [0.5, 0.6) is 0 Å². The highest BCUT2D eigenvalue weighted by Crippen LogP contribution is 2.28. The minimum Gasteiger partial charge on any atom is -0.347 e. The van der Waals surface area contributed by atoms with Gasteiger partial charge in [-0.15, -0.1) is 0 Å². The number of amides is 2. The first-order chi connectivity index (χ1) is 9.70. The number of nitrogens with zero attached hydrogens (tertiary/aromatic N) is 2. The Bertz CT molecular complexity index is 457. The third-order valence-corrected chi connectivity index (χ3v) is 3.52. The zero-order chi connectivity index (χ0) is 14.4. The first kappa shape index (κ1) is 14.5. The van der Waals surface area contributed by atoms with Crippen LogP contribution in [0, 0.1) is 5.92 Å². The lowest BCUT2D eigenvalue weighted by atomic mass is 10.2. The molecule has 20 heavy (non-hydrogen) atoms. The molecule has 0 aliphatic heterocycles. The molecule has 0 saturated heterocycles. The van der Waals surface area contributed by atoms with Crippen LogP contribution in [0.3, 0.4) is 0 Å². The van der Waals surface area contributed by atoms with Gasteiger partial charge in [0.1, 0.15) is 0 Å². The van der Waals surface area contributed by atoms with Crippen LogP contribution in [0.2, 0.25) is 0 Å². The Morgan fingerprint density at radius 1 is 1.35 bits per heavy atom. The van der Waals surface area contributed by atoms with Crippen molar-refractivity contribution in [1.82, 2.24) is 15.2 Å². The van der Waals surface area contributed by atoms with E-state index in [0.29, 0.717) is 13.1 Å². The molecule has 1 fully saturated rings. The summed E-state index contributed by atoms with van der Waals surface area (Å²) in [5.41, 5.74) is 1.16. The third kappa shape index (κ3) is 4.33. The lowest BCUT2D eigenvalue weighted by molar-refractivity contribution is -0.133. The summed E-state index contributed by atoms with van der Waals surface area (Å²) in [7, 11) is 0. The molecule has 5 nitrogen and oxygen atoms in total. The molecule has 2 rings (SSSR count). The molecule has 0 atom stereocenters. The van der Waals surface area contributed by atoms with Gasteiger partial charge in [0, 0.05) is 31.4 Å². The van der Waals surface area contributed by atoms with Crippen LogP contribution in [0.4, 0.5) is 0 Å². The number of carbonyl (C=O) groups is 2. The van der Waals surface area contributed by atoms with E-state index < -0.39 is 0 Å². The number of carbonyl (C=O) groups excluding carboxylic acids is 2. The van der Waals surface area contributed by atoms with Crippen molar-refractivity contribution in [3.05, 3.63) is 30.1 Å². The lowest BCUT2D eigenvalue weighted by Crippen LogP contribution is -2.41. The number of hydrogen-bond acceptors (Lipinski definition) is 3. The summed E-state index contributed by atoms with van der Waals surface area (Å²) in [5, 5.41) is 2.72. The van der Waals surface area contributed by atoms with Crippen molar-refractivity contribution in [3.63, 3.8) is 0 Å². The first-order valence-electron chi connectivity index (χ1n) is 7.15. The Hall–Kier alpha value is -1.91. The van der Waals surface area contributed by atoms with Crippen LogP contribution in [-0.2, 0) is 16.0 Å². The Morgan fingerprint density at radius 3 is 2.65 bits per heavy atom. The maximum absolute atomic E-state index is 12.0. The summed E-state index contributed by atoms with van der Waals surface area (Å²) in [5.74, 6) is 0.147. The van der Waals surface area contributed by atoms with E-state index in [9.17, 15) is 9.59 Å². The number of hydrogen-bond donors (Lipinski definition) is 1. The van der Waals surface area contributed by atoms with Crippen LogP contribution in [-0.4, -0.2) is 41.3 Å². The summed E-state index contributed by atoms with van der Waals surface area (Å²) >= 11 is 0. The van der Waals surface area contributed by atoms with Crippen molar-refractivity contribution in [2.45, 2.75) is 26.2 Å². The van der Waals surface area contributed by atoms with Crippen molar-refractivity contribution >= 4 is 11.8 Å². The standard InChI is InChI=1S/C15H21N3O2/c1-2-18(10-7-12-5-8-16-9-6-12)14(19)11-17-15(20)13-3-4-13/h5-6,8-9,13H,2-4,7,10-11H2,1H3,(H,17,20). The van der Waals surface area contributed by atoms with E-state index in [1.165, 1.54) is 0 Å². The zero-order valence-corrected chi connectivity index (χ0v) is 11.8. The molecule has 1 aliphatic carbocycles. The monoisotopic (exact) mass is 275 g/mol. The molecular weight excluding hydrogens is 254 g/mol. The van der Waals surface area contributed by atoms with E-state index in [-0.39, 0.29) is 24.3 Å². The molecule has 2 amide bonds. The van der Waals surface area contributed by atoms with Crippen molar-refractivity contribution in [1.29, 1.82) is 0 Å². The van der Waals surface area contributed by atoms with Gasteiger partial charge in [-0.3, -0.25) is 14.6 Å². The highest BCUT2D eigenvalue weighted by Gasteiger charge is 2.29. The second-order valence-electron chi connectivity index (χ2n) is 5.07. The minimum atomic E-state index is -0.0180. The van der Waals surface area contributed by atoms with Crippen LogP contribution in [0.25, 0.3) is 0 Å². The first-order valence-corrected chi connectivity index (χ1v) is 7.15. The van der Waals surface area contributed by atoms with Crippen molar-refractivity contribution in [3.8, 4) is 0 Å². The highest BCUT2D eigenvalue weighted by molar-refractivity contribution is 5.86. The molecule has 0 spiro atoms. The fourth-order valence-electron chi connectivity index (χ4n) is 2.04. The van der Waals surface area contributed by atoms with Gasteiger partial charge in [0.2, 0.25) is 11.8 Å². The number of rotatable bonds is 7. The quantitative estimate of drug-likeness (QED) is 0.807. The van der Waals surface area contributed by atoms with Gasteiger partial charge >= 0.3 is 0 Å². The van der Waals surface area contributed by atoms with Gasteiger partial charge in [-0.05, 0) is 43.9 Å². The molecule has 1 aromatic rings. The van der Waals surface area contributed by atoms with Crippen molar-refractivity contribution in [2.24, 2.45) is 5.92 Å². The molecule has 0 aromatic carbocycles. The highest BCUT2D eigenvalue weighted by atomic mass is 16.2. The normalized spacial score (nSPS) is 13.8. The summed E-state index contributed by atoms with van der Waals surface area (Å²) in [6, 6.07) is 3.90. The lowest BCUT2D eigenvalue weighted by Gasteiger charge is -2.21. The summed E-state index contributed by atoms with van der Waals surface area (Å²) in [6.07, 6.45) is 6.23. The van der Waals surface area contributed by atoms with E-state index in [4.69, 9.17) is 0 Å². The van der Waals surface area contributed by atoms with E-state index >= 15 is 0 Å². The van der Waals surface area contributed by atoms with E-state index in [1.54, 1.807) is 17.3 Å². The third-order valence-electron chi connectivity index (χ3n) is 3.52. The molecule has 108 valence electrons. The summed E-state index contributed by atoms with van der Waals surface area (Å²) in [4.78, 5) is 29.3. The molecule has 5 heteroatoms. The second kappa shape index (κ2) is 7.03. The topological polar surface area (TPSA) is 62.3 Å². The fourth-order valence-corrected chi connectivity index (χ4v) is 2.04. The van der Waals surface area contributed by atoms with E-state index in [1.807, 2.05) is 19.1 Å². The van der Waals surface area contributed by atoms with Gasteiger partial charge in [0.25, 0.3) is 0 Å². The molecule has 1 aliphatic rings. The molecule has 1 N–H and O–H groups in total. The molecule has 1 saturated carbocycles. The van der Waals surface area contributed by atoms with Gasteiger partial charge in [-0.25, -0.2) is 0 Å². The van der Waals surface area contributed by atoms with Crippen molar-refractivity contribution in [2.75, 3.05) is 19.6 Å². The maximum Gasteiger partial charge on any atom is 0.241 e. The van der Waals surface area contributed by atoms with Gasteiger partial charge in [0.15, 0.2) is 0 Å². The van der Waals surface area contributed by atoms with Crippen LogP contribution < -0.4 is 5.32 Å². The Labute approximate surface area is 119 Å². The molecule has 0 radical (unpaired) electrons. The largest absolute Gasteiger partial charge is 0.347 e. The van der Waals surface area contributed by atoms with Gasteiger partial charge in [-0.2, -0.15) is 0 Å². The second-order valence-corrected chi connectivity index (χ2v) is 5.07. The van der Waals surface area contributed by atoms with Crippen LogP contribution in [0.15, 0.2) is 24.5 Å². The van der Waals surface area contributed by atoms with Gasteiger partial charge < -0.3 is 10.2 Å². The van der Waals surface area contributed by atoms with E-state index in [0.717, 1.165) is 24.8 Å². The molecule has 0 unspecified atom stereocenters.